The third-order valence-electron chi connectivity index (χ3n) is 5.52. The number of hydrogen-bond acceptors (Lipinski definition) is 3. The molecular formula is C17H21ClN2OS. The Kier molecular flexibility index (Phi) is 3.85. The lowest BCUT2D eigenvalue weighted by Gasteiger charge is -2.56. The van der Waals surface area contributed by atoms with Crippen molar-refractivity contribution in [1.82, 2.24) is 4.98 Å². The summed E-state index contributed by atoms with van der Waals surface area (Å²) < 4.78 is 0.380. The summed E-state index contributed by atoms with van der Waals surface area (Å²) in [5, 5.41) is 3.25. The Bertz CT molecular complexity index is 556. The first-order valence-electron chi connectivity index (χ1n) is 8.16. The van der Waals surface area contributed by atoms with Crippen molar-refractivity contribution in [2.45, 2.75) is 43.3 Å². The van der Waals surface area contributed by atoms with Crippen molar-refractivity contribution >= 4 is 35.0 Å². The number of carbonyl (C=O) groups is 1. The molecule has 1 heterocycles. The van der Waals surface area contributed by atoms with Gasteiger partial charge >= 0.3 is 0 Å². The average molecular weight is 337 g/mol. The number of rotatable bonds is 4. The van der Waals surface area contributed by atoms with Crippen LogP contribution < -0.4 is 5.32 Å². The molecule has 0 spiro atoms. The summed E-state index contributed by atoms with van der Waals surface area (Å²) in [5.74, 6) is 3.34. The molecule has 0 aliphatic heterocycles. The third-order valence-corrected chi connectivity index (χ3v) is 7.34. The lowest BCUT2D eigenvalue weighted by molar-refractivity contribution is -0.113. The number of hydrogen-bond donors (Lipinski definition) is 1. The molecule has 1 aromatic rings. The first-order chi connectivity index (χ1) is 10.6. The number of thioether (sulfide) groups is 1. The molecule has 1 aromatic heterocycles. The van der Waals surface area contributed by atoms with Gasteiger partial charge in [0, 0.05) is 10.9 Å². The van der Waals surface area contributed by atoms with Crippen LogP contribution in [-0.2, 0) is 4.79 Å². The zero-order valence-electron chi connectivity index (χ0n) is 12.6. The summed E-state index contributed by atoms with van der Waals surface area (Å²) >= 11 is 7.88. The Labute approximate surface area is 140 Å². The highest BCUT2D eigenvalue weighted by Crippen LogP contribution is 2.60. The van der Waals surface area contributed by atoms with E-state index in [1.165, 1.54) is 38.5 Å². The van der Waals surface area contributed by atoms with Gasteiger partial charge in [0.1, 0.15) is 0 Å². The number of nitrogens with zero attached hydrogens (tertiary/aromatic N) is 1. The average Bonchev–Trinajstić information content (AvgIpc) is 2.46. The fourth-order valence-electron chi connectivity index (χ4n) is 5.09. The molecule has 0 unspecified atom stereocenters. The van der Waals surface area contributed by atoms with Crippen LogP contribution in [0.5, 0.6) is 0 Å². The summed E-state index contributed by atoms with van der Waals surface area (Å²) in [5.41, 5.74) is 0.611. The Balaban J connectivity index is 1.37. The van der Waals surface area contributed by atoms with Crippen molar-refractivity contribution < 1.29 is 4.79 Å². The van der Waals surface area contributed by atoms with Crippen LogP contribution in [-0.4, -0.2) is 21.4 Å². The van der Waals surface area contributed by atoms with Crippen molar-refractivity contribution in [2.75, 3.05) is 11.1 Å². The minimum atomic E-state index is 0.0376. The highest BCUT2D eigenvalue weighted by Gasteiger charge is 2.51. The van der Waals surface area contributed by atoms with Crippen LogP contribution in [0.15, 0.2) is 18.3 Å². The third kappa shape index (κ3) is 2.88. The molecule has 118 valence electrons. The first-order valence-corrected chi connectivity index (χ1v) is 9.53. The number of pyridine rings is 1. The van der Waals surface area contributed by atoms with Gasteiger partial charge in [0.05, 0.1) is 11.4 Å². The van der Waals surface area contributed by atoms with Crippen LogP contribution >= 0.6 is 23.4 Å². The topological polar surface area (TPSA) is 42.0 Å². The summed E-state index contributed by atoms with van der Waals surface area (Å²) in [6, 6.07) is 3.58. The first kappa shape index (κ1) is 14.8. The molecule has 4 aliphatic carbocycles. The molecule has 4 aliphatic rings. The van der Waals surface area contributed by atoms with Crippen molar-refractivity contribution in [3.63, 3.8) is 0 Å². The maximum Gasteiger partial charge on any atom is 0.234 e. The summed E-state index contributed by atoms with van der Waals surface area (Å²) in [6.45, 7) is 0. The standard InChI is InChI=1S/C17H21ClN2OS/c18-16-14(2-1-3-19-16)20-15(21)10-22-17-7-11-4-12(8-17)6-13(5-11)9-17/h1-3,11-13H,4-10H2,(H,20,21). The Morgan fingerprint density at radius 1 is 1.27 bits per heavy atom. The predicted molar refractivity (Wildman–Crippen MR) is 91.2 cm³/mol. The maximum absolute atomic E-state index is 12.2. The lowest BCUT2D eigenvalue weighted by atomic mass is 9.56. The second-order valence-corrected chi connectivity index (χ2v) is 9.08. The van der Waals surface area contributed by atoms with E-state index in [4.69, 9.17) is 11.6 Å². The van der Waals surface area contributed by atoms with E-state index in [-0.39, 0.29) is 5.91 Å². The second kappa shape index (κ2) is 5.72. The van der Waals surface area contributed by atoms with E-state index in [0.29, 0.717) is 21.3 Å². The van der Waals surface area contributed by atoms with Gasteiger partial charge in [-0.05, 0) is 68.4 Å². The molecule has 0 saturated heterocycles. The van der Waals surface area contributed by atoms with Gasteiger partial charge in [-0.1, -0.05) is 11.6 Å². The van der Waals surface area contributed by atoms with Crippen LogP contribution in [0.3, 0.4) is 0 Å². The highest BCUT2D eigenvalue weighted by molar-refractivity contribution is 8.01. The summed E-state index contributed by atoms with van der Waals surface area (Å²) in [7, 11) is 0. The van der Waals surface area contributed by atoms with Gasteiger partial charge in [-0.2, -0.15) is 0 Å². The van der Waals surface area contributed by atoms with Gasteiger partial charge in [0.25, 0.3) is 0 Å². The zero-order chi connectivity index (χ0) is 15.2. The zero-order valence-corrected chi connectivity index (χ0v) is 14.1. The fraction of sp³-hybridized carbons (Fsp3) is 0.647. The molecule has 5 heteroatoms. The molecule has 4 bridgehead atoms. The number of anilines is 1. The van der Waals surface area contributed by atoms with E-state index in [1.807, 2.05) is 11.8 Å². The SMILES string of the molecule is O=C(CSC12CC3CC(CC(C3)C1)C2)Nc1cccnc1Cl. The van der Waals surface area contributed by atoms with Crippen molar-refractivity contribution in [1.29, 1.82) is 0 Å². The molecule has 4 fully saturated rings. The molecule has 22 heavy (non-hydrogen) atoms. The molecular weight excluding hydrogens is 316 g/mol. The number of halogens is 1. The quantitative estimate of drug-likeness (QED) is 0.830. The van der Waals surface area contributed by atoms with Gasteiger partial charge in [-0.25, -0.2) is 4.98 Å². The van der Waals surface area contributed by atoms with E-state index in [0.717, 1.165) is 17.8 Å². The molecule has 0 atom stereocenters. The van der Waals surface area contributed by atoms with Crippen LogP contribution in [0.4, 0.5) is 5.69 Å². The number of nitrogens with one attached hydrogen (secondary N) is 1. The predicted octanol–water partition coefficient (Wildman–Crippen LogP) is 4.38. The molecule has 5 rings (SSSR count). The molecule has 0 aromatic carbocycles. The van der Waals surface area contributed by atoms with Gasteiger partial charge in [0.2, 0.25) is 5.91 Å². The van der Waals surface area contributed by atoms with Crippen LogP contribution in [0.25, 0.3) is 0 Å². The number of carbonyl (C=O) groups excluding carboxylic acids is 1. The van der Waals surface area contributed by atoms with Crippen LogP contribution in [0.2, 0.25) is 5.15 Å². The summed E-state index contributed by atoms with van der Waals surface area (Å²) in [4.78, 5) is 16.2. The van der Waals surface area contributed by atoms with E-state index >= 15 is 0 Å². The van der Waals surface area contributed by atoms with Gasteiger partial charge in [0.15, 0.2) is 5.15 Å². The van der Waals surface area contributed by atoms with Gasteiger partial charge in [-0.15, -0.1) is 11.8 Å². The number of aromatic nitrogens is 1. The Morgan fingerprint density at radius 3 is 2.50 bits per heavy atom. The Morgan fingerprint density at radius 2 is 1.91 bits per heavy atom. The van der Waals surface area contributed by atoms with Crippen LogP contribution in [0.1, 0.15) is 38.5 Å². The molecule has 0 radical (unpaired) electrons. The molecule has 1 N–H and O–H groups in total. The Hall–Kier alpha value is -0.740. The minimum Gasteiger partial charge on any atom is -0.323 e. The van der Waals surface area contributed by atoms with Gasteiger partial charge in [-0.3, -0.25) is 4.79 Å². The summed E-state index contributed by atoms with van der Waals surface area (Å²) in [6.07, 6.45) is 9.92. The monoisotopic (exact) mass is 336 g/mol. The largest absolute Gasteiger partial charge is 0.323 e. The van der Waals surface area contributed by atoms with Crippen LogP contribution in [0, 0.1) is 17.8 Å². The second-order valence-electron chi connectivity index (χ2n) is 7.28. The highest BCUT2D eigenvalue weighted by atomic mass is 35.5. The smallest absolute Gasteiger partial charge is 0.234 e. The van der Waals surface area contributed by atoms with E-state index < -0.39 is 0 Å². The van der Waals surface area contributed by atoms with E-state index in [9.17, 15) is 4.79 Å². The number of amides is 1. The lowest BCUT2D eigenvalue weighted by Crippen LogP contribution is -2.49. The minimum absolute atomic E-state index is 0.0376. The van der Waals surface area contributed by atoms with Crippen molar-refractivity contribution in [3.05, 3.63) is 23.5 Å². The molecule has 4 saturated carbocycles. The fourth-order valence-corrected chi connectivity index (χ4v) is 6.83. The maximum atomic E-state index is 12.2. The van der Waals surface area contributed by atoms with E-state index in [1.54, 1.807) is 18.3 Å². The van der Waals surface area contributed by atoms with Crippen molar-refractivity contribution in [2.24, 2.45) is 17.8 Å². The van der Waals surface area contributed by atoms with Gasteiger partial charge < -0.3 is 5.32 Å². The normalized spacial score (nSPS) is 35.6. The molecule has 3 nitrogen and oxygen atoms in total. The van der Waals surface area contributed by atoms with E-state index in [2.05, 4.69) is 10.3 Å². The molecule has 1 amide bonds. The van der Waals surface area contributed by atoms with Crippen molar-refractivity contribution in [3.8, 4) is 0 Å².